The topological polar surface area (TPSA) is 317 Å². The highest BCUT2D eigenvalue weighted by Gasteiger charge is 2.49. The zero-order valence-electron chi connectivity index (χ0n) is 38.8. The van der Waals surface area contributed by atoms with E-state index in [1.54, 1.807) is 12.5 Å². The molecule has 0 aliphatic carbocycles. The molecule has 11 N–H and O–H groups in total. The molecule has 0 aromatic carbocycles. The van der Waals surface area contributed by atoms with E-state index in [-0.39, 0.29) is 68.7 Å². The van der Waals surface area contributed by atoms with E-state index in [4.69, 9.17) is 30.6 Å². The number of hydrogen-bond donors (Lipinski definition) is 10. The minimum absolute atomic E-state index is 0. The van der Waals surface area contributed by atoms with Gasteiger partial charge in [-0.15, -0.1) is 23.5 Å². The number of carboxylic acids is 1. The standard InChI is InChI=1S/C17H31N5O5S.C17H33N3O5S.C2HF3O2.2CH3FS.CH4/c1-4-5-9-6-11(22(2)8-9)16(26)20-10(7-19-21-18)15-13(24)12(23)14(25)17(27-15)28-3;1-4-5-9-6-11(20(2)8-9)16(24)19-10(7-18)15-13(22)12(21)14(23)17(25-15)26-3;3-2(4,5)1(6)7;2*1-3-2;/h9-15,17,23-25H,4-8H2,1-3H3,(H,20,26);9-15,17,21-23H,4-8,18H2,1-3H3,(H,19,24);(H,6,7);2*1H3;1H4/t2*9-,10-,11+,12-,13?,14-,15-,17?;;;;/m11..../s1. The number of carbonyl (C=O) groups is 3. The number of aliphatic hydroxyl groups excluding tert-OH is 6. The van der Waals surface area contributed by atoms with Gasteiger partial charge in [-0.25, -0.2) is 4.79 Å². The number of likely N-dealkylation sites (tertiary alicyclic amines) is 2. The number of likely N-dealkylation sites (N-methyl/N-ethyl adjacent to an activating group) is 2. The first-order valence-corrected chi connectivity index (χ1v) is 26.0. The molecule has 4 heterocycles. The third-order valence-electron chi connectivity index (χ3n) is 11.2. The second kappa shape index (κ2) is 35.4. The molecule has 0 aromatic rings. The van der Waals surface area contributed by atoms with Gasteiger partial charge >= 0.3 is 12.1 Å². The average Bonchev–Trinajstić information content (AvgIpc) is 3.84. The van der Waals surface area contributed by atoms with Crippen molar-refractivity contribution in [2.75, 3.05) is 65.3 Å². The van der Waals surface area contributed by atoms with Gasteiger partial charge in [-0.2, -0.15) is 20.9 Å². The smallest absolute Gasteiger partial charge is 0.475 e. The molecule has 4 aliphatic rings. The zero-order valence-corrected chi connectivity index (χ0v) is 42.1. The lowest BCUT2D eigenvalue weighted by Gasteiger charge is -2.43. The number of azide groups is 1. The molecule has 0 radical (unpaired) electrons. The number of carboxylic acid groups (broad SMARTS) is 1. The van der Waals surface area contributed by atoms with Gasteiger partial charge in [0.1, 0.15) is 59.7 Å². The largest absolute Gasteiger partial charge is 0.490 e. The SMILES string of the molecule is C.CCC[C@@H]1C[C@@H](C(=O)N[C@H](CN)[C@H]2OC(SC)[C@H](O)[C@H](O)C2O)N(C)C1.CCC[C@@H]1C[C@@H](C(=O)N[C@H](CN=[N+]=[N-])[C@H]2OC(SC)[C@H](O)[C@H](O)C2O)N(C)C1.CSF.CSF.O=C(O)C(F)(F)F. The number of thioether (sulfide) groups is 2. The van der Waals surface area contributed by atoms with Gasteiger partial charge in [0.25, 0.3) is 0 Å². The summed E-state index contributed by atoms with van der Waals surface area (Å²) in [7, 11) is 3.84. The molecule has 0 bridgehead atoms. The molecule has 4 fully saturated rings. The predicted molar refractivity (Wildman–Crippen MR) is 256 cm³/mol. The van der Waals surface area contributed by atoms with Crippen LogP contribution in [0.4, 0.5) is 20.9 Å². The van der Waals surface area contributed by atoms with Crippen molar-refractivity contribution in [3.8, 4) is 0 Å². The molecule has 2 amide bonds. The van der Waals surface area contributed by atoms with Crippen LogP contribution in [0, 0.1) is 11.8 Å². The van der Waals surface area contributed by atoms with Crippen molar-refractivity contribution in [1.29, 1.82) is 0 Å². The molecule has 16 atom stereocenters. The maximum absolute atomic E-state index is 12.9. The van der Waals surface area contributed by atoms with Crippen molar-refractivity contribution in [3.05, 3.63) is 10.4 Å². The van der Waals surface area contributed by atoms with Gasteiger partial charge in [-0.1, -0.05) is 39.2 Å². The number of nitrogens with one attached hydrogen (secondary N) is 2. The maximum Gasteiger partial charge on any atom is 0.490 e. The molecule has 4 rings (SSSR count). The Balaban J connectivity index is 0. The highest BCUT2D eigenvalue weighted by molar-refractivity contribution is 7.99. The van der Waals surface area contributed by atoms with Crippen LogP contribution in [0.5, 0.6) is 0 Å². The molecule has 4 unspecified atom stereocenters. The van der Waals surface area contributed by atoms with Gasteiger partial charge in [0.2, 0.25) is 11.8 Å². The first-order chi connectivity index (χ1) is 31.4. The summed E-state index contributed by atoms with van der Waals surface area (Å²) in [4.78, 5) is 41.3. The van der Waals surface area contributed by atoms with E-state index >= 15 is 0 Å². The molecular formula is C39H75F5N8O12S4. The van der Waals surface area contributed by atoms with Crippen LogP contribution in [0.2, 0.25) is 0 Å². The average molecular weight is 1070 g/mol. The summed E-state index contributed by atoms with van der Waals surface area (Å²) in [6, 6.07) is -2.01. The van der Waals surface area contributed by atoms with Crippen molar-refractivity contribution in [2.24, 2.45) is 22.7 Å². The number of carbonyl (C=O) groups excluding carboxylic acids is 2. The molecule has 0 spiro atoms. The second-order valence-corrected chi connectivity index (χ2v) is 18.5. The number of halogens is 5. The van der Waals surface area contributed by atoms with E-state index < -0.39 is 83.9 Å². The summed E-state index contributed by atoms with van der Waals surface area (Å²) in [5.41, 5.74) is 13.1. The van der Waals surface area contributed by atoms with Crippen molar-refractivity contribution >= 4 is 65.6 Å². The van der Waals surface area contributed by atoms with E-state index in [0.717, 1.165) is 51.6 Å². The minimum Gasteiger partial charge on any atom is -0.475 e. The second-order valence-electron chi connectivity index (χ2n) is 16.0. The zero-order chi connectivity index (χ0) is 51.8. The maximum atomic E-state index is 12.9. The lowest BCUT2D eigenvalue weighted by Crippen LogP contribution is -2.65. The van der Waals surface area contributed by atoms with Gasteiger partial charge in [0, 0.05) is 67.9 Å². The highest BCUT2D eigenvalue weighted by atomic mass is 32.2. The molecule has 29 heteroatoms. The van der Waals surface area contributed by atoms with Crippen molar-refractivity contribution in [2.45, 2.75) is 150 Å². The van der Waals surface area contributed by atoms with Crippen LogP contribution < -0.4 is 16.4 Å². The Morgan fingerprint density at radius 3 is 1.38 bits per heavy atom. The van der Waals surface area contributed by atoms with Gasteiger partial charge in [0.05, 0.1) is 24.2 Å². The molecule has 20 nitrogen and oxygen atoms in total. The third-order valence-corrected chi connectivity index (χ3v) is 12.9. The lowest BCUT2D eigenvalue weighted by atomic mass is 9.94. The Bertz CT molecular complexity index is 1480. The molecule has 68 heavy (non-hydrogen) atoms. The number of ether oxygens (including phenoxy) is 2. The fraction of sp³-hybridized carbons (Fsp3) is 0.923. The number of amides is 2. The van der Waals surface area contributed by atoms with E-state index in [2.05, 4.69) is 34.5 Å². The number of nitrogens with zero attached hydrogens (tertiary/aromatic N) is 5. The molecule has 4 aliphatic heterocycles. The summed E-state index contributed by atoms with van der Waals surface area (Å²) < 4.78 is 63.6. The summed E-state index contributed by atoms with van der Waals surface area (Å²) in [5, 5.41) is 77.3. The van der Waals surface area contributed by atoms with Crippen LogP contribution in [-0.4, -0.2) is 219 Å². The summed E-state index contributed by atoms with van der Waals surface area (Å²) in [5.74, 6) is -2.16. The third kappa shape index (κ3) is 22.0. The van der Waals surface area contributed by atoms with Crippen molar-refractivity contribution in [3.63, 3.8) is 0 Å². The number of rotatable bonds is 15. The molecule has 0 saturated carbocycles. The van der Waals surface area contributed by atoms with Gasteiger partial charge in [0.15, 0.2) is 0 Å². The number of aliphatic hydroxyl groups is 6. The lowest BCUT2D eigenvalue weighted by molar-refractivity contribution is -0.204. The summed E-state index contributed by atoms with van der Waals surface area (Å²) >= 11 is 2.92. The molecular weight excluding hydrogens is 996 g/mol. The quantitative estimate of drug-likeness (QED) is 0.0488. The van der Waals surface area contributed by atoms with Crippen LogP contribution in [0.3, 0.4) is 0 Å². The Hall–Kier alpha value is -1.67. The fourth-order valence-electron chi connectivity index (χ4n) is 8.05. The minimum atomic E-state index is -5.08. The first kappa shape index (κ1) is 68.4. The van der Waals surface area contributed by atoms with E-state index in [1.807, 2.05) is 23.9 Å². The summed E-state index contributed by atoms with van der Waals surface area (Å²) in [6.45, 7) is 5.92. The highest BCUT2D eigenvalue weighted by Crippen LogP contribution is 2.32. The fourth-order valence-corrected chi connectivity index (χ4v) is 9.41. The monoisotopic (exact) mass is 1070 g/mol. The van der Waals surface area contributed by atoms with Gasteiger partial charge in [-0.3, -0.25) is 19.4 Å². The van der Waals surface area contributed by atoms with Crippen molar-refractivity contribution < 1.29 is 80.5 Å². The van der Waals surface area contributed by atoms with Gasteiger partial charge < -0.3 is 61.6 Å². The Kier molecular flexibility index (Phi) is 35.7. The molecule has 0 aromatic heterocycles. The number of aliphatic carboxylic acids is 1. The van der Waals surface area contributed by atoms with Crippen LogP contribution in [0.25, 0.3) is 10.4 Å². The van der Waals surface area contributed by atoms with E-state index in [0.29, 0.717) is 11.8 Å². The first-order valence-electron chi connectivity index (χ1n) is 21.2. The van der Waals surface area contributed by atoms with Crippen LogP contribution in [0.15, 0.2) is 5.11 Å². The van der Waals surface area contributed by atoms with E-state index in [9.17, 15) is 61.2 Å². The Morgan fingerprint density at radius 2 is 1.09 bits per heavy atom. The summed E-state index contributed by atoms with van der Waals surface area (Å²) in [6.07, 6.45) is -2.89. The molecule has 402 valence electrons. The Labute approximate surface area is 413 Å². The molecule has 4 saturated heterocycles. The van der Waals surface area contributed by atoms with E-state index in [1.165, 1.54) is 36.0 Å². The number of nitrogens with two attached hydrogens (primary N) is 1. The van der Waals surface area contributed by atoms with Crippen LogP contribution >= 0.6 is 47.8 Å². The Morgan fingerprint density at radius 1 is 0.750 bits per heavy atom. The normalized spacial score (nSPS) is 32.2. The van der Waals surface area contributed by atoms with Crippen LogP contribution in [-0.2, 0) is 23.9 Å². The number of hydrogen-bond acceptors (Lipinski definition) is 19. The predicted octanol–water partition coefficient (Wildman–Crippen LogP) is 2.53. The van der Waals surface area contributed by atoms with Gasteiger partial charge in [-0.05, 0) is 69.7 Å². The van der Waals surface area contributed by atoms with Crippen molar-refractivity contribution in [1.82, 2.24) is 20.4 Å². The number of alkyl halides is 3. The van der Waals surface area contributed by atoms with Crippen LogP contribution in [0.1, 0.15) is 59.8 Å².